The van der Waals surface area contributed by atoms with Gasteiger partial charge in [-0.1, -0.05) is 6.07 Å². The molecular weight excluding hydrogens is 224 g/mol. The average Bonchev–Trinajstić information content (AvgIpc) is 2.73. The van der Waals surface area contributed by atoms with Crippen molar-refractivity contribution in [3.05, 3.63) is 53.2 Å². The Kier molecular flexibility index (Phi) is 3.59. The van der Waals surface area contributed by atoms with Crippen LogP contribution in [0.1, 0.15) is 24.4 Å². The van der Waals surface area contributed by atoms with E-state index in [0.29, 0.717) is 11.8 Å². The SMILES string of the molecule is C[C@H](NCc1ccc(Cl)o1)c1ccccn1. The van der Waals surface area contributed by atoms with Gasteiger partial charge in [0.1, 0.15) is 5.76 Å². The van der Waals surface area contributed by atoms with Crippen molar-refractivity contribution >= 4 is 11.6 Å². The second kappa shape index (κ2) is 5.14. The number of nitrogens with zero attached hydrogens (tertiary/aromatic N) is 1. The predicted molar refractivity (Wildman–Crippen MR) is 63.2 cm³/mol. The van der Waals surface area contributed by atoms with Gasteiger partial charge in [0.25, 0.3) is 0 Å². The van der Waals surface area contributed by atoms with Crippen molar-refractivity contribution in [3.63, 3.8) is 0 Å². The summed E-state index contributed by atoms with van der Waals surface area (Å²) in [6, 6.07) is 9.66. The van der Waals surface area contributed by atoms with Gasteiger partial charge in [0.05, 0.1) is 12.2 Å². The van der Waals surface area contributed by atoms with Crippen LogP contribution in [0.4, 0.5) is 0 Å². The summed E-state index contributed by atoms with van der Waals surface area (Å²) in [5.41, 5.74) is 1.01. The van der Waals surface area contributed by atoms with Gasteiger partial charge < -0.3 is 9.73 Å². The zero-order valence-corrected chi connectivity index (χ0v) is 9.74. The highest BCUT2D eigenvalue weighted by Crippen LogP contribution is 2.14. The highest BCUT2D eigenvalue weighted by atomic mass is 35.5. The maximum absolute atomic E-state index is 5.69. The van der Waals surface area contributed by atoms with Crippen LogP contribution in [0.15, 0.2) is 40.9 Å². The quantitative estimate of drug-likeness (QED) is 0.886. The molecule has 2 aromatic heterocycles. The predicted octanol–water partition coefficient (Wildman–Crippen LogP) is 3.18. The highest BCUT2D eigenvalue weighted by molar-refractivity contribution is 6.28. The maximum atomic E-state index is 5.69. The number of rotatable bonds is 4. The molecule has 3 nitrogen and oxygen atoms in total. The summed E-state index contributed by atoms with van der Waals surface area (Å²) in [5.74, 6) is 0.827. The van der Waals surface area contributed by atoms with E-state index in [2.05, 4.69) is 17.2 Å². The van der Waals surface area contributed by atoms with Crippen molar-refractivity contribution in [1.82, 2.24) is 10.3 Å². The number of halogens is 1. The summed E-state index contributed by atoms with van der Waals surface area (Å²) >= 11 is 5.69. The van der Waals surface area contributed by atoms with Gasteiger partial charge in [-0.05, 0) is 42.8 Å². The summed E-state index contributed by atoms with van der Waals surface area (Å²) in [6.45, 7) is 2.71. The van der Waals surface area contributed by atoms with Crippen LogP contribution in [0.25, 0.3) is 0 Å². The van der Waals surface area contributed by atoms with E-state index in [0.717, 1.165) is 11.5 Å². The lowest BCUT2D eigenvalue weighted by atomic mass is 10.2. The van der Waals surface area contributed by atoms with E-state index < -0.39 is 0 Å². The molecule has 1 atom stereocenters. The average molecular weight is 237 g/mol. The number of aromatic nitrogens is 1. The van der Waals surface area contributed by atoms with Crippen LogP contribution in [0, 0.1) is 0 Å². The minimum absolute atomic E-state index is 0.185. The van der Waals surface area contributed by atoms with E-state index in [1.54, 1.807) is 12.3 Å². The summed E-state index contributed by atoms with van der Waals surface area (Å²) in [7, 11) is 0. The van der Waals surface area contributed by atoms with E-state index in [-0.39, 0.29) is 6.04 Å². The van der Waals surface area contributed by atoms with Crippen molar-refractivity contribution < 1.29 is 4.42 Å². The fourth-order valence-electron chi connectivity index (χ4n) is 1.44. The Labute approximate surface area is 99.5 Å². The summed E-state index contributed by atoms with van der Waals surface area (Å²) in [4.78, 5) is 4.28. The van der Waals surface area contributed by atoms with Gasteiger partial charge in [0.15, 0.2) is 5.22 Å². The molecule has 0 saturated heterocycles. The van der Waals surface area contributed by atoms with E-state index in [4.69, 9.17) is 16.0 Å². The van der Waals surface area contributed by atoms with Crippen molar-refractivity contribution in [2.75, 3.05) is 0 Å². The topological polar surface area (TPSA) is 38.1 Å². The first-order valence-electron chi connectivity index (χ1n) is 5.14. The molecule has 2 heterocycles. The third-order valence-corrected chi connectivity index (χ3v) is 2.55. The third-order valence-electron chi connectivity index (χ3n) is 2.34. The molecule has 16 heavy (non-hydrogen) atoms. The molecule has 0 aromatic carbocycles. The first-order valence-corrected chi connectivity index (χ1v) is 5.52. The molecule has 0 aliphatic heterocycles. The lowest BCUT2D eigenvalue weighted by molar-refractivity contribution is 0.458. The molecule has 0 saturated carbocycles. The zero-order valence-electron chi connectivity index (χ0n) is 8.98. The first-order chi connectivity index (χ1) is 7.75. The Bertz CT molecular complexity index is 441. The van der Waals surface area contributed by atoms with Gasteiger partial charge in [-0.2, -0.15) is 0 Å². The van der Waals surface area contributed by atoms with Crippen LogP contribution in [0.3, 0.4) is 0 Å². The lowest BCUT2D eigenvalue weighted by Crippen LogP contribution is -2.18. The van der Waals surface area contributed by atoms with Gasteiger partial charge >= 0.3 is 0 Å². The number of hydrogen-bond acceptors (Lipinski definition) is 3. The molecule has 4 heteroatoms. The van der Waals surface area contributed by atoms with Gasteiger partial charge in [-0.15, -0.1) is 0 Å². The maximum Gasteiger partial charge on any atom is 0.193 e. The number of pyridine rings is 1. The minimum Gasteiger partial charge on any atom is -0.448 e. The standard InChI is InChI=1S/C12H13ClN2O/c1-9(11-4-2-3-7-14-11)15-8-10-5-6-12(13)16-10/h2-7,9,15H,8H2,1H3/t9-/m0/s1. The Morgan fingerprint density at radius 1 is 1.38 bits per heavy atom. The van der Waals surface area contributed by atoms with Gasteiger partial charge in [-0.25, -0.2) is 0 Å². The zero-order chi connectivity index (χ0) is 11.4. The molecule has 0 radical (unpaired) electrons. The summed E-state index contributed by atoms with van der Waals surface area (Å²) < 4.78 is 5.25. The number of furan rings is 1. The normalized spacial score (nSPS) is 12.6. The lowest BCUT2D eigenvalue weighted by Gasteiger charge is -2.11. The third kappa shape index (κ3) is 2.84. The number of hydrogen-bond donors (Lipinski definition) is 1. The highest BCUT2D eigenvalue weighted by Gasteiger charge is 2.06. The van der Waals surface area contributed by atoms with E-state index >= 15 is 0 Å². The minimum atomic E-state index is 0.185. The molecule has 2 aromatic rings. The summed E-state index contributed by atoms with van der Waals surface area (Å²) in [5, 5.41) is 3.73. The van der Waals surface area contributed by atoms with E-state index in [1.165, 1.54) is 0 Å². The van der Waals surface area contributed by atoms with Gasteiger partial charge in [0, 0.05) is 12.2 Å². The monoisotopic (exact) mass is 236 g/mol. The molecule has 0 spiro atoms. The second-order valence-electron chi connectivity index (χ2n) is 3.56. The fraction of sp³-hybridized carbons (Fsp3) is 0.250. The molecular formula is C12H13ClN2O. The molecule has 0 bridgehead atoms. The molecule has 0 unspecified atom stereocenters. The summed E-state index contributed by atoms with van der Waals surface area (Å²) in [6.07, 6.45) is 1.79. The molecule has 2 rings (SSSR count). The van der Waals surface area contributed by atoms with Crippen molar-refractivity contribution in [1.29, 1.82) is 0 Å². The molecule has 0 fully saturated rings. The first kappa shape index (κ1) is 11.2. The van der Waals surface area contributed by atoms with Crippen LogP contribution in [-0.2, 0) is 6.54 Å². The Balaban J connectivity index is 1.91. The molecule has 1 N–H and O–H groups in total. The Hall–Kier alpha value is -1.32. The van der Waals surface area contributed by atoms with E-state index in [9.17, 15) is 0 Å². The van der Waals surface area contributed by atoms with Gasteiger partial charge in [0.2, 0.25) is 0 Å². The smallest absolute Gasteiger partial charge is 0.193 e. The Morgan fingerprint density at radius 2 is 2.25 bits per heavy atom. The van der Waals surface area contributed by atoms with Crippen molar-refractivity contribution in [3.8, 4) is 0 Å². The van der Waals surface area contributed by atoms with Crippen molar-refractivity contribution in [2.24, 2.45) is 0 Å². The second-order valence-corrected chi connectivity index (χ2v) is 3.94. The molecule has 0 amide bonds. The van der Waals surface area contributed by atoms with Crippen LogP contribution in [0.2, 0.25) is 5.22 Å². The molecule has 0 aliphatic carbocycles. The van der Waals surface area contributed by atoms with Crippen LogP contribution in [-0.4, -0.2) is 4.98 Å². The fourth-order valence-corrected chi connectivity index (χ4v) is 1.60. The van der Waals surface area contributed by atoms with Crippen molar-refractivity contribution in [2.45, 2.75) is 19.5 Å². The van der Waals surface area contributed by atoms with E-state index in [1.807, 2.05) is 24.3 Å². The largest absolute Gasteiger partial charge is 0.448 e. The van der Waals surface area contributed by atoms with Crippen LogP contribution < -0.4 is 5.32 Å². The molecule has 0 aliphatic rings. The Morgan fingerprint density at radius 3 is 2.88 bits per heavy atom. The van der Waals surface area contributed by atoms with Gasteiger partial charge in [-0.3, -0.25) is 4.98 Å². The van der Waals surface area contributed by atoms with Crippen LogP contribution in [0.5, 0.6) is 0 Å². The molecule has 84 valence electrons. The number of nitrogens with one attached hydrogen (secondary N) is 1. The van der Waals surface area contributed by atoms with Crippen LogP contribution >= 0.6 is 11.6 Å².